The Morgan fingerprint density at radius 2 is 1.93 bits per heavy atom. The van der Waals surface area contributed by atoms with Crippen molar-refractivity contribution in [3.05, 3.63) is 29.8 Å². The number of carbonyl (C=O) groups excluding carboxylic acids is 1. The quantitative estimate of drug-likeness (QED) is 0.613. The van der Waals surface area contributed by atoms with Crippen molar-refractivity contribution in [1.82, 2.24) is 10.6 Å². The van der Waals surface area contributed by atoms with E-state index in [-0.39, 0.29) is 16.9 Å². The lowest BCUT2D eigenvalue weighted by molar-refractivity contribution is 0.0695. The molecule has 1 aliphatic carbocycles. The van der Waals surface area contributed by atoms with Crippen LogP contribution in [0.15, 0.2) is 24.3 Å². The van der Waals surface area contributed by atoms with Crippen LogP contribution in [0.4, 0.5) is 9.59 Å². The number of hydrogen-bond donors (Lipinski definition) is 3. The van der Waals surface area contributed by atoms with Gasteiger partial charge in [-0.2, -0.15) is 0 Å². The van der Waals surface area contributed by atoms with Crippen LogP contribution in [0.1, 0.15) is 65.4 Å². The summed E-state index contributed by atoms with van der Waals surface area (Å²) in [5.41, 5.74) is 0.837. The molecule has 6 heteroatoms. The number of ether oxygens (including phenoxy) is 1. The Kier molecular flexibility index (Phi) is 7.33. The van der Waals surface area contributed by atoms with Crippen LogP contribution < -0.4 is 15.4 Å². The molecule has 1 saturated carbocycles. The minimum absolute atomic E-state index is 0.00153. The molecule has 2 amide bonds. The predicted molar refractivity (Wildman–Crippen MR) is 110 cm³/mol. The highest BCUT2D eigenvalue weighted by Gasteiger charge is 2.42. The van der Waals surface area contributed by atoms with Gasteiger partial charge in [0.25, 0.3) is 0 Å². The largest absolute Gasteiger partial charge is 0.465 e. The Balaban J connectivity index is 1.96. The van der Waals surface area contributed by atoms with E-state index >= 15 is 0 Å². The van der Waals surface area contributed by atoms with Crippen molar-refractivity contribution in [1.29, 1.82) is 0 Å². The fourth-order valence-corrected chi connectivity index (χ4v) is 4.64. The molecule has 2 rings (SSSR count). The zero-order chi connectivity index (χ0) is 20.8. The minimum Gasteiger partial charge on any atom is -0.465 e. The second-order valence-electron chi connectivity index (χ2n) is 9.16. The van der Waals surface area contributed by atoms with Crippen molar-refractivity contribution in [3.8, 4) is 5.75 Å². The number of para-hydroxylation sites is 1. The average Bonchev–Trinajstić information content (AvgIpc) is 2.57. The lowest BCUT2D eigenvalue weighted by Crippen LogP contribution is -2.50. The lowest BCUT2D eigenvalue weighted by atomic mass is 9.62. The topological polar surface area (TPSA) is 87.7 Å². The van der Waals surface area contributed by atoms with Gasteiger partial charge < -0.3 is 20.5 Å². The predicted octanol–water partition coefficient (Wildman–Crippen LogP) is 4.97. The molecule has 3 N–H and O–H groups in total. The fraction of sp³-hybridized carbons (Fsp3) is 0.636. The standard InChI is InChI=1S/C22H34N2O4/c1-5-6-9-16-10-7-8-11-18(16)28-20(27)23-15-22(4)13-17(24-19(25)26)12-21(2,3)14-22/h7-8,10-11,17,24H,5-6,9,12-15H2,1-4H3,(H,23,27)(H,25,26). The summed E-state index contributed by atoms with van der Waals surface area (Å²) < 4.78 is 5.56. The van der Waals surface area contributed by atoms with E-state index in [1.807, 2.05) is 24.3 Å². The fourth-order valence-electron chi connectivity index (χ4n) is 4.64. The van der Waals surface area contributed by atoms with E-state index in [0.717, 1.165) is 37.7 Å². The summed E-state index contributed by atoms with van der Waals surface area (Å²) in [5, 5.41) is 14.6. The zero-order valence-corrected chi connectivity index (χ0v) is 17.5. The molecule has 0 aliphatic heterocycles. The number of carboxylic acid groups (broad SMARTS) is 1. The molecule has 0 bridgehead atoms. The van der Waals surface area contributed by atoms with Crippen molar-refractivity contribution >= 4 is 12.2 Å². The molecule has 0 heterocycles. The number of nitrogens with one attached hydrogen (secondary N) is 2. The van der Waals surface area contributed by atoms with Crippen molar-refractivity contribution in [2.24, 2.45) is 10.8 Å². The van der Waals surface area contributed by atoms with Gasteiger partial charge in [-0.05, 0) is 54.6 Å². The Hall–Kier alpha value is -2.24. The second-order valence-corrected chi connectivity index (χ2v) is 9.16. The molecule has 0 radical (unpaired) electrons. The van der Waals surface area contributed by atoms with E-state index in [4.69, 9.17) is 9.84 Å². The first-order chi connectivity index (χ1) is 13.1. The summed E-state index contributed by atoms with van der Waals surface area (Å²) in [5.74, 6) is 0.605. The van der Waals surface area contributed by atoms with E-state index in [2.05, 4.69) is 38.3 Å². The van der Waals surface area contributed by atoms with Gasteiger partial charge in [0.15, 0.2) is 0 Å². The highest BCUT2D eigenvalue weighted by atomic mass is 16.6. The third-order valence-electron chi connectivity index (χ3n) is 5.41. The molecule has 1 fully saturated rings. The molecular weight excluding hydrogens is 356 g/mol. The molecule has 0 aromatic heterocycles. The Bertz CT molecular complexity index is 689. The van der Waals surface area contributed by atoms with Crippen LogP contribution >= 0.6 is 0 Å². The van der Waals surface area contributed by atoms with E-state index in [1.54, 1.807) is 0 Å². The number of carbonyl (C=O) groups is 2. The smallest absolute Gasteiger partial charge is 0.412 e. The summed E-state index contributed by atoms with van der Waals surface area (Å²) in [6, 6.07) is 7.52. The van der Waals surface area contributed by atoms with E-state index in [1.165, 1.54) is 0 Å². The molecule has 0 spiro atoms. The van der Waals surface area contributed by atoms with Crippen LogP contribution in [0.2, 0.25) is 0 Å². The Labute approximate surface area is 168 Å². The maximum atomic E-state index is 12.4. The normalized spacial score (nSPS) is 23.6. The molecule has 6 nitrogen and oxygen atoms in total. The molecule has 2 unspecified atom stereocenters. The first kappa shape index (κ1) is 22.1. The monoisotopic (exact) mass is 390 g/mol. The van der Waals surface area contributed by atoms with Crippen LogP contribution in [-0.4, -0.2) is 29.9 Å². The van der Waals surface area contributed by atoms with Crippen molar-refractivity contribution < 1.29 is 19.4 Å². The summed E-state index contributed by atoms with van der Waals surface area (Å²) in [7, 11) is 0. The number of amides is 2. The average molecular weight is 391 g/mol. The van der Waals surface area contributed by atoms with Crippen molar-refractivity contribution in [3.63, 3.8) is 0 Å². The lowest BCUT2D eigenvalue weighted by Gasteiger charge is -2.46. The molecular formula is C22H34N2O4. The zero-order valence-electron chi connectivity index (χ0n) is 17.5. The molecule has 1 aromatic rings. The SMILES string of the molecule is CCCCc1ccccc1OC(=O)NCC1(C)CC(NC(=O)O)CC(C)(C)C1. The van der Waals surface area contributed by atoms with Gasteiger partial charge >= 0.3 is 12.2 Å². The number of rotatable bonds is 7. The maximum absolute atomic E-state index is 12.4. The van der Waals surface area contributed by atoms with Gasteiger partial charge in [-0.1, -0.05) is 52.3 Å². The minimum atomic E-state index is -0.999. The number of benzene rings is 1. The summed E-state index contributed by atoms with van der Waals surface area (Å²) in [6.07, 6.45) is 3.95. The number of unbranched alkanes of at least 4 members (excludes halogenated alkanes) is 1. The summed E-state index contributed by atoms with van der Waals surface area (Å²) >= 11 is 0. The van der Waals surface area contributed by atoms with Crippen LogP contribution in [0.5, 0.6) is 5.75 Å². The van der Waals surface area contributed by atoms with Crippen molar-refractivity contribution in [2.75, 3.05) is 6.54 Å². The van der Waals surface area contributed by atoms with Crippen LogP contribution in [-0.2, 0) is 6.42 Å². The summed E-state index contributed by atoms with van der Waals surface area (Å²) in [4.78, 5) is 23.5. The molecule has 1 aliphatic rings. The highest BCUT2D eigenvalue weighted by Crippen LogP contribution is 2.45. The second kappa shape index (κ2) is 9.30. The van der Waals surface area contributed by atoms with Crippen molar-refractivity contribution in [2.45, 2.75) is 72.3 Å². The maximum Gasteiger partial charge on any atom is 0.412 e. The van der Waals surface area contributed by atoms with Crippen LogP contribution in [0.25, 0.3) is 0 Å². The molecule has 0 saturated heterocycles. The Morgan fingerprint density at radius 1 is 1.21 bits per heavy atom. The molecule has 28 heavy (non-hydrogen) atoms. The van der Waals surface area contributed by atoms with Gasteiger partial charge in [-0.15, -0.1) is 0 Å². The van der Waals surface area contributed by atoms with E-state index < -0.39 is 12.2 Å². The van der Waals surface area contributed by atoms with Gasteiger partial charge in [0.2, 0.25) is 0 Å². The van der Waals surface area contributed by atoms with Gasteiger partial charge in [0, 0.05) is 12.6 Å². The molecule has 2 atom stereocenters. The Morgan fingerprint density at radius 3 is 2.61 bits per heavy atom. The van der Waals surface area contributed by atoms with E-state index in [0.29, 0.717) is 18.7 Å². The molecule has 156 valence electrons. The van der Waals surface area contributed by atoms with Crippen LogP contribution in [0, 0.1) is 10.8 Å². The van der Waals surface area contributed by atoms with Gasteiger partial charge in [0.05, 0.1) is 0 Å². The summed E-state index contributed by atoms with van der Waals surface area (Å²) in [6.45, 7) is 8.96. The van der Waals surface area contributed by atoms with Gasteiger partial charge in [0.1, 0.15) is 5.75 Å². The first-order valence-electron chi connectivity index (χ1n) is 10.2. The number of aryl methyl sites for hydroxylation is 1. The van der Waals surface area contributed by atoms with Gasteiger partial charge in [-0.3, -0.25) is 0 Å². The van der Waals surface area contributed by atoms with Crippen LogP contribution in [0.3, 0.4) is 0 Å². The van der Waals surface area contributed by atoms with E-state index in [9.17, 15) is 9.59 Å². The van der Waals surface area contributed by atoms with Gasteiger partial charge in [-0.25, -0.2) is 9.59 Å². The molecule has 1 aromatic carbocycles. The highest BCUT2D eigenvalue weighted by molar-refractivity contribution is 5.70. The first-order valence-corrected chi connectivity index (χ1v) is 10.2. The number of hydrogen-bond acceptors (Lipinski definition) is 3. The third kappa shape index (κ3) is 6.73. The third-order valence-corrected chi connectivity index (χ3v) is 5.41.